The van der Waals surface area contributed by atoms with Crippen molar-refractivity contribution in [1.82, 2.24) is 14.8 Å². The third-order valence-corrected chi connectivity index (χ3v) is 6.01. The molecule has 7 heteroatoms. The Kier molecular flexibility index (Phi) is 5.58. The molecular formula is C26H18Cl2N4O. The zero-order valence-corrected chi connectivity index (χ0v) is 19.1. The second-order valence-electron chi connectivity index (χ2n) is 7.58. The number of fused-ring (bicyclic) bond motifs is 1. The van der Waals surface area contributed by atoms with Gasteiger partial charge < -0.3 is 5.32 Å². The van der Waals surface area contributed by atoms with Crippen LogP contribution in [0.4, 0.5) is 5.69 Å². The molecule has 0 aliphatic heterocycles. The number of nitrogens with one attached hydrogen (secondary N) is 1. The Labute approximate surface area is 200 Å². The van der Waals surface area contributed by atoms with Gasteiger partial charge in [0.25, 0.3) is 5.91 Å². The molecule has 5 aromatic rings. The lowest BCUT2D eigenvalue weighted by atomic mass is 10.1. The minimum absolute atomic E-state index is 0.0394. The molecule has 0 aliphatic rings. The molecule has 0 saturated heterocycles. The Balaban J connectivity index is 1.57. The Hall–Kier alpha value is -3.67. The van der Waals surface area contributed by atoms with Crippen molar-refractivity contribution in [2.75, 3.05) is 5.32 Å². The lowest BCUT2D eigenvalue weighted by molar-refractivity contribution is 0.101. The van der Waals surface area contributed by atoms with Crippen LogP contribution in [0.15, 0.2) is 84.9 Å². The van der Waals surface area contributed by atoms with E-state index in [1.807, 2.05) is 79.7 Å². The molecule has 0 spiro atoms. The maximum atomic E-state index is 13.1. The summed E-state index contributed by atoms with van der Waals surface area (Å²) in [5, 5.41) is 10.7. The molecule has 0 fully saturated rings. The summed E-state index contributed by atoms with van der Waals surface area (Å²) < 4.78 is 1.63. The SMILES string of the molecule is Cc1c(Cl)cccc1-n1nc(C(=O)Nc2ccc3ccccc3c2)nc1-c1cccc(Cl)c1. The predicted octanol–water partition coefficient (Wildman–Crippen LogP) is 6.96. The van der Waals surface area contributed by atoms with Crippen LogP contribution in [-0.2, 0) is 0 Å². The molecule has 5 nitrogen and oxygen atoms in total. The van der Waals surface area contributed by atoms with Crippen molar-refractivity contribution in [2.24, 2.45) is 0 Å². The van der Waals surface area contributed by atoms with Crippen LogP contribution in [0.25, 0.3) is 27.8 Å². The van der Waals surface area contributed by atoms with E-state index in [4.69, 9.17) is 23.2 Å². The van der Waals surface area contributed by atoms with Crippen LogP contribution in [-0.4, -0.2) is 20.7 Å². The van der Waals surface area contributed by atoms with Gasteiger partial charge in [0.2, 0.25) is 5.82 Å². The van der Waals surface area contributed by atoms with E-state index in [2.05, 4.69) is 15.4 Å². The number of rotatable bonds is 4. The molecule has 0 atom stereocenters. The largest absolute Gasteiger partial charge is 0.319 e. The van der Waals surface area contributed by atoms with Crippen LogP contribution in [0.3, 0.4) is 0 Å². The van der Waals surface area contributed by atoms with Crippen LogP contribution < -0.4 is 5.32 Å². The first-order valence-corrected chi connectivity index (χ1v) is 11.0. The molecule has 0 bridgehead atoms. The molecule has 4 aromatic carbocycles. The molecule has 0 radical (unpaired) electrons. The fourth-order valence-corrected chi connectivity index (χ4v) is 4.03. The number of carbonyl (C=O) groups is 1. The quantitative estimate of drug-likeness (QED) is 0.307. The van der Waals surface area contributed by atoms with E-state index in [1.54, 1.807) is 16.8 Å². The number of benzene rings is 4. The van der Waals surface area contributed by atoms with Crippen molar-refractivity contribution in [3.05, 3.63) is 106 Å². The molecule has 0 saturated carbocycles. The minimum atomic E-state index is -0.410. The number of halogens is 2. The second-order valence-corrected chi connectivity index (χ2v) is 8.42. The summed E-state index contributed by atoms with van der Waals surface area (Å²) in [7, 11) is 0. The van der Waals surface area contributed by atoms with Crippen LogP contribution >= 0.6 is 23.2 Å². The second kappa shape index (κ2) is 8.70. The smallest absolute Gasteiger partial charge is 0.295 e. The van der Waals surface area contributed by atoms with Crippen molar-refractivity contribution in [1.29, 1.82) is 0 Å². The summed E-state index contributed by atoms with van der Waals surface area (Å²) in [6, 6.07) is 26.5. The Morgan fingerprint density at radius 2 is 1.67 bits per heavy atom. The number of nitrogens with zero attached hydrogens (tertiary/aromatic N) is 3. The zero-order valence-electron chi connectivity index (χ0n) is 17.6. The number of hydrogen-bond donors (Lipinski definition) is 1. The molecule has 33 heavy (non-hydrogen) atoms. The molecule has 1 heterocycles. The van der Waals surface area contributed by atoms with Crippen LogP contribution in [0.1, 0.15) is 16.2 Å². The van der Waals surface area contributed by atoms with Crippen molar-refractivity contribution in [3.63, 3.8) is 0 Å². The lowest BCUT2D eigenvalue weighted by Crippen LogP contribution is -2.14. The highest BCUT2D eigenvalue weighted by Gasteiger charge is 2.20. The maximum Gasteiger partial charge on any atom is 0.295 e. The Morgan fingerprint density at radius 1 is 0.879 bits per heavy atom. The van der Waals surface area contributed by atoms with Crippen LogP contribution in [0.2, 0.25) is 10.0 Å². The highest BCUT2D eigenvalue weighted by atomic mass is 35.5. The van der Waals surface area contributed by atoms with Crippen molar-refractivity contribution in [3.8, 4) is 17.1 Å². The van der Waals surface area contributed by atoms with Crippen LogP contribution in [0, 0.1) is 6.92 Å². The third-order valence-electron chi connectivity index (χ3n) is 5.37. The summed E-state index contributed by atoms with van der Waals surface area (Å²) in [5.41, 5.74) is 2.96. The highest BCUT2D eigenvalue weighted by molar-refractivity contribution is 6.31. The van der Waals surface area contributed by atoms with Gasteiger partial charge in [0.05, 0.1) is 5.69 Å². The molecular weight excluding hydrogens is 455 g/mol. The van der Waals surface area contributed by atoms with Gasteiger partial charge in [-0.25, -0.2) is 9.67 Å². The average molecular weight is 473 g/mol. The summed E-state index contributed by atoms with van der Waals surface area (Å²) in [5.74, 6) is 0.121. The summed E-state index contributed by atoms with van der Waals surface area (Å²) >= 11 is 12.6. The highest BCUT2D eigenvalue weighted by Crippen LogP contribution is 2.28. The molecule has 5 rings (SSSR count). The van der Waals surface area contributed by atoms with Crippen LogP contribution in [0.5, 0.6) is 0 Å². The van der Waals surface area contributed by atoms with E-state index in [0.717, 1.165) is 27.6 Å². The normalized spacial score (nSPS) is 11.0. The lowest BCUT2D eigenvalue weighted by Gasteiger charge is -2.10. The fourth-order valence-electron chi connectivity index (χ4n) is 3.67. The molecule has 1 N–H and O–H groups in total. The van der Waals surface area contributed by atoms with Gasteiger partial charge in [0.15, 0.2) is 5.82 Å². The number of aromatic nitrogens is 3. The topological polar surface area (TPSA) is 59.8 Å². The maximum absolute atomic E-state index is 13.1. The van der Waals surface area contributed by atoms with Gasteiger partial charge in [-0.05, 0) is 59.7 Å². The summed E-state index contributed by atoms with van der Waals surface area (Å²) in [6.07, 6.45) is 0. The summed E-state index contributed by atoms with van der Waals surface area (Å²) in [6.45, 7) is 1.90. The number of carbonyl (C=O) groups excluding carboxylic acids is 1. The van der Waals surface area contributed by atoms with Gasteiger partial charge in [-0.3, -0.25) is 4.79 Å². The van der Waals surface area contributed by atoms with E-state index >= 15 is 0 Å². The average Bonchev–Trinajstić information content (AvgIpc) is 3.26. The fraction of sp³-hybridized carbons (Fsp3) is 0.0385. The summed E-state index contributed by atoms with van der Waals surface area (Å²) in [4.78, 5) is 17.7. The van der Waals surface area contributed by atoms with E-state index < -0.39 is 5.91 Å². The Morgan fingerprint density at radius 3 is 2.48 bits per heavy atom. The third kappa shape index (κ3) is 4.21. The first-order valence-electron chi connectivity index (χ1n) is 10.3. The van der Waals surface area contributed by atoms with Gasteiger partial charge in [-0.1, -0.05) is 71.7 Å². The van der Waals surface area contributed by atoms with Crippen molar-refractivity contribution in [2.45, 2.75) is 6.92 Å². The van der Waals surface area contributed by atoms with Gasteiger partial charge in [0.1, 0.15) is 0 Å². The van der Waals surface area contributed by atoms with Gasteiger partial charge in [0, 0.05) is 21.3 Å². The number of amides is 1. The van der Waals surface area contributed by atoms with Gasteiger partial charge in [-0.2, -0.15) is 0 Å². The van der Waals surface area contributed by atoms with Crippen molar-refractivity contribution >= 4 is 45.6 Å². The monoisotopic (exact) mass is 472 g/mol. The van der Waals surface area contributed by atoms with Gasteiger partial charge in [-0.15, -0.1) is 5.10 Å². The number of hydrogen-bond acceptors (Lipinski definition) is 3. The van der Waals surface area contributed by atoms with E-state index in [1.165, 1.54) is 0 Å². The van der Waals surface area contributed by atoms with Crippen molar-refractivity contribution < 1.29 is 4.79 Å². The van der Waals surface area contributed by atoms with Gasteiger partial charge >= 0.3 is 0 Å². The molecule has 162 valence electrons. The number of anilines is 1. The first-order chi connectivity index (χ1) is 16.0. The Bertz CT molecular complexity index is 1510. The van der Waals surface area contributed by atoms with E-state index in [-0.39, 0.29) is 5.82 Å². The molecule has 0 aliphatic carbocycles. The van der Waals surface area contributed by atoms with E-state index in [0.29, 0.717) is 21.6 Å². The van der Waals surface area contributed by atoms with E-state index in [9.17, 15) is 4.79 Å². The minimum Gasteiger partial charge on any atom is -0.319 e. The molecule has 0 unspecified atom stereocenters. The molecule has 1 amide bonds. The molecule has 1 aromatic heterocycles. The first kappa shape index (κ1) is 21.2. The zero-order chi connectivity index (χ0) is 22.9. The standard InChI is InChI=1S/C26H18Cl2N4O/c1-16-22(28)10-5-11-23(16)32-25(19-8-4-9-20(27)14-19)30-24(31-32)26(33)29-21-13-12-17-6-2-3-7-18(17)15-21/h2-15H,1H3,(H,29,33). The predicted molar refractivity (Wildman–Crippen MR) is 133 cm³/mol.